The summed E-state index contributed by atoms with van der Waals surface area (Å²) in [5, 5.41) is 11.9. The van der Waals surface area contributed by atoms with Gasteiger partial charge < -0.3 is 5.32 Å². The summed E-state index contributed by atoms with van der Waals surface area (Å²) >= 11 is 0. The van der Waals surface area contributed by atoms with Gasteiger partial charge in [-0.1, -0.05) is 12.8 Å². The Morgan fingerprint density at radius 2 is 1.62 bits per heavy atom. The fourth-order valence-electron chi connectivity index (χ4n) is 2.67. The molecule has 0 atom stereocenters. The van der Waals surface area contributed by atoms with Crippen LogP contribution in [-0.2, 0) is 12.8 Å². The zero-order chi connectivity index (χ0) is 10.8. The molecular weight excluding hydrogens is 200 g/mol. The number of nitrogens with one attached hydrogen (secondary N) is 1. The highest BCUT2D eigenvalue weighted by Crippen LogP contribution is 2.22. The van der Waals surface area contributed by atoms with Crippen molar-refractivity contribution in [2.45, 2.75) is 57.4 Å². The third-order valence-corrected chi connectivity index (χ3v) is 3.60. The topological polar surface area (TPSA) is 50.7 Å². The number of hydrogen-bond donors (Lipinski definition) is 1. The van der Waals surface area contributed by atoms with Crippen LogP contribution >= 0.6 is 0 Å². The summed E-state index contributed by atoms with van der Waals surface area (Å²) in [5.74, 6) is 0.743. The van der Waals surface area contributed by atoms with Crippen LogP contribution in [0, 0.1) is 0 Å². The maximum Gasteiger partial charge on any atom is 0.243 e. The normalized spacial score (nSPS) is 20.8. The lowest BCUT2D eigenvalue weighted by Crippen LogP contribution is -2.19. The Morgan fingerprint density at radius 1 is 0.875 bits per heavy atom. The van der Waals surface area contributed by atoms with Gasteiger partial charge in [-0.3, -0.25) is 0 Å². The van der Waals surface area contributed by atoms with E-state index in [0.717, 1.165) is 24.5 Å². The summed E-state index contributed by atoms with van der Waals surface area (Å²) in [5.41, 5.74) is 2.28. The van der Waals surface area contributed by atoms with Crippen molar-refractivity contribution in [1.29, 1.82) is 0 Å². The molecule has 0 amide bonds. The van der Waals surface area contributed by atoms with Crippen molar-refractivity contribution in [3.05, 3.63) is 11.4 Å². The van der Waals surface area contributed by atoms with Crippen LogP contribution in [0.4, 0.5) is 5.95 Å². The molecule has 0 bridgehead atoms. The number of hydrogen-bond acceptors (Lipinski definition) is 4. The molecule has 1 aromatic heterocycles. The van der Waals surface area contributed by atoms with Gasteiger partial charge in [0, 0.05) is 6.04 Å². The standard InChI is InChI=1S/C12H18N4/c1-2-6-9(5-1)13-12-14-10-7-3-4-8-11(10)15-16-12/h9H,1-8H2,(H,13,14,16). The van der Waals surface area contributed by atoms with Gasteiger partial charge in [0.15, 0.2) is 0 Å². The van der Waals surface area contributed by atoms with Crippen LogP contribution < -0.4 is 5.32 Å². The second-order valence-corrected chi connectivity index (χ2v) is 4.86. The molecule has 0 aliphatic heterocycles. The van der Waals surface area contributed by atoms with Crippen molar-refractivity contribution in [2.24, 2.45) is 0 Å². The number of anilines is 1. The highest BCUT2D eigenvalue weighted by molar-refractivity contribution is 5.28. The number of aryl methyl sites for hydroxylation is 2. The van der Waals surface area contributed by atoms with E-state index in [1.54, 1.807) is 0 Å². The molecule has 1 heterocycles. The molecule has 1 aromatic rings. The molecule has 86 valence electrons. The predicted molar refractivity (Wildman–Crippen MR) is 62.3 cm³/mol. The van der Waals surface area contributed by atoms with Crippen molar-refractivity contribution in [3.8, 4) is 0 Å². The van der Waals surface area contributed by atoms with Crippen LogP contribution in [-0.4, -0.2) is 21.2 Å². The minimum atomic E-state index is 0.573. The van der Waals surface area contributed by atoms with Gasteiger partial charge in [0.2, 0.25) is 5.95 Å². The van der Waals surface area contributed by atoms with Crippen molar-refractivity contribution < 1.29 is 0 Å². The van der Waals surface area contributed by atoms with E-state index in [4.69, 9.17) is 0 Å². The van der Waals surface area contributed by atoms with Gasteiger partial charge in [-0.2, -0.15) is 0 Å². The van der Waals surface area contributed by atoms with E-state index < -0.39 is 0 Å². The van der Waals surface area contributed by atoms with Gasteiger partial charge in [-0.05, 0) is 38.5 Å². The molecule has 1 N–H and O–H groups in total. The molecular formula is C12H18N4. The molecule has 4 heteroatoms. The first-order valence-corrected chi connectivity index (χ1v) is 6.41. The van der Waals surface area contributed by atoms with Crippen LogP contribution in [0.2, 0.25) is 0 Å². The fraction of sp³-hybridized carbons (Fsp3) is 0.750. The Hall–Kier alpha value is -1.19. The number of nitrogens with zero attached hydrogens (tertiary/aromatic N) is 3. The van der Waals surface area contributed by atoms with Crippen LogP contribution in [0.5, 0.6) is 0 Å². The first kappa shape index (κ1) is 10.00. The minimum absolute atomic E-state index is 0.573. The van der Waals surface area contributed by atoms with Crippen molar-refractivity contribution in [3.63, 3.8) is 0 Å². The lowest BCUT2D eigenvalue weighted by atomic mass is 10.0. The smallest absolute Gasteiger partial charge is 0.243 e. The first-order valence-electron chi connectivity index (χ1n) is 6.41. The Bertz CT molecular complexity index is 371. The van der Waals surface area contributed by atoms with Crippen LogP contribution in [0.3, 0.4) is 0 Å². The van der Waals surface area contributed by atoms with Crippen LogP contribution in [0.1, 0.15) is 49.9 Å². The Kier molecular flexibility index (Phi) is 2.72. The van der Waals surface area contributed by atoms with Gasteiger partial charge in [0.25, 0.3) is 0 Å². The van der Waals surface area contributed by atoms with Gasteiger partial charge in [0.05, 0.1) is 11.4 Å². The van der Waals surface area contributed by atoms with E-state index >= 15 is 0 Å². The van der Waals surface area contributed by atoms with Crippen LogP contribution in [0.25, 0.3) is 0 Å². The highest BCUT2D eigenvalue weighted by Gasteiger charge is 2.18. The number of fused-ring (bicyclic) bond motifs is 1. The fourth-order valence-corrected chi connectivity index (χ4v) is 2.67. The second kappa shape index (κ2) is 4.36. The van der Waals surface area contributed by atoms with Crippen LogP contribution in [0.15, 0.2) is 0 Å². The summed E-state index contributed by atoms with van der Waals surface area (Å²) in [6.45, 7) is 0. The molecule has 2 aliphatic carbocycles. The third kappa shape index (κ3) is 2.01. The third-order valence-electron chi connectivity index (χ3n) is 3.60. The van der Waals surface area contributed by atoms with Gasteiger partial charge in [-0.25, -0.2) is 4.98 Å². The molecule has 1 fully saturated rings. The molecule has 1 saturated carbocycles. The Morgan fingerprint density at radius 3 is 2.44 bits per heavy atom. The lowest BCUT2D eigenvalue weighted by Gasteiger charge is -2.15. The summed E-state index contributed by atoms with van der Waals surface area (Å²) < 4.78 is 0. The average Bonchev–Trinajstić information content (AvgIpc) is 2.82. The maximum absolute atomic E-state index is 4.59. The molecule has 0 aromatic carbocycles. The highest BCUT2D eigenvalue weighted by atomic mass is 15.2. The average molecular weight is 218 g/mol. The SMILES string of the molecule is C1CCc2nc(NC3CCCC3)nnc2C1. The molecule has 4 nitrogen and oxygen atoms in total. The molecule has 0 radical (unpaired) electrons. The molecule has 3 rings (SSSR count). The quantitative estimate of drug-likeness (QED) is 0.826. The van der Waals surface area contributed by atoms with Crippen molar-refractivity contribution >= 4 is 5.95 Å². The Labute approximate surface area is 95.9 Å². The lowest BCUT2D eigenvalue weighted by molar-refractivity contribution is 0.629. The predicted octanol–water partition coefficient (Wildman–Crippen LogP) is 2.10. The van der Waals surface area contributed by atoms with Gasteiger partial charge in [0.1, 0.15) is 0 Å². The zero-order valence-corrected chi connectivity index (χ0v) is 9.58. The molecule has 16 heavy (non-hydrogen) atoms. The van der Waals surface area contributed by atoms with E-state index in [1.807, 2.05) is 0 Å². The molecule has 0 saturated heterocycles. The summed E-state index contributed by atoms with van der Waals surface area (Å²) in [6.07, 6.45) is 9.77. The van der Waals surface area contributed by atoms with Crippen molar-refractivity contribution in [2.75, 3.05) is 5.32 Å². The summed E-state index contributed by atoms with van der Waals surface area (Å²) in [7, 11) is 0. The van der Waals surface area contributed by atoms with E-state index in [2.05, 4.69) is 20.5 Å². The van der Waals surface area contributed by atoms with Crippen molar-refractivity contribution in [1.82, 2.24) is 15.2 Å². The second-order valence-electron chi connectivity index (χ2n) is 4.86. The zero-order valence-electron chi connectivity index (χ0n) is 9.58. The molecule has 2 aliphatic rings. The van der Waals surface area contributed by atoms with E-state index in [0.29, 0.717) is 6.04 Å². The van der Waals surface area contributed by atoms with Gasteiger partial charge >= 0.3 is 0 Å². The minimum Gasteiger partial charge on any atom is -0.350 e. The number of rotatable bonds is 2. The summed E-state index contributed by atoms with van der Waals surface area (Å²) in [4.78, 5) is 4.59. The maximum atomic E-state index is 4.59. The monoisotopic (exact) mass is 218 g/mol. The van der Waals surface area contributed by atoms with E-state index in [9.17, 15) is 0 Å². The Balaban J connectivity index is 1.74. The molecule has 0 spiro atoms. The summed E-state index contributed by atoms with van der Waals surface area (Å²) in [6, 6.07) is 0.573. The van der Waals surface area contributed by atoms with E-state index in [1.165, 1.54) is 44.2 Å². The number of aromatic nitrogens is 3. The molecule has 0 unspecified atom stereocenters. The van der Waals surface area contributed by atoms with E-state index in [-0.39, 0.29) is 0 Å². The first-order chi connectivity index (χ1) is 7.92. The van der Waals surface area contributed by atoms with Gasteiger partial charge in [-0.15, -0.1) is 10.2 Å². The largest absolute Gasteiger partial charge is 0.350 e.